The third-order valence-electron chi connectivity index (χ3n) is 3.48. The second-order valence-corrected chi connectivity index (χ2v) is 6.28. The van der Waals surface area contributed by atoms with Gasteiger partial charge in [-0.25, -0.2) is 4.98 Å². The summed E-state index contributed by atoms with van der Waals surface area (Å²) in [7, 11) is 0. The molecule has 0 fully saturated rings. The van der Waals surface area contributed by atoms with Crippen molar-refractivity contribution in [1.29, 1.82) is 0 Å². The molecule has 3 nitrogen and oxygen atoms in total. The largest absolute Gasteiger partial charge is 0.399 e. The summed E-state index contributed by atoms with van der Waals surface area (Å²) in [6, 6.07) is 7.93. The van der Waals surface area contributed by atoms with Crippen molar-refractivity contribution in [2.24, 2.45) is 0 Å². The quantitative estimate of drug-likeness (QED) is 0.748. The zero-order chi connectivity index (χ0) is 15.1. The molecule has 0 spiro atoms. The van der Waals surface area contributed by atoms with Crippen LogP contribution in [0.25, 0.3) is 11.3 Å². The number of benzene rings is 1. The molecule has 0 saturated heterocycles. The van der Waals surface area contributed by atoms with Gasteiger partial charge in [0.15, 0.2) is 0 Å². The summed E-state index contributed by atoms with van der Waals surface area (Å²) in [5.74, 6) is 0. The molecule has 2 N–H and O–H groups in total. The molecule has 0 aliphatic heterocycles. The second-order valence-electron chi connectivity index (χ2n) is 5.34. The molecular formula is C17H25N3S. The van der Waals surface area contributed by atoms with E-state index in [4.69, 9.17) is 10.7 Å². The molecule has 1 aromatic carbocycles. The number of hydrogen-bond donors (Lipinski definition) is 1. The Morgan fingerprint density at radius 3 is 2.33 bits per heavy atom. The monoisotopic (exact) mass is 303 g/mol. The molecule has 0 amide bonds. The first-order chi connectivity index (χ1) is 10.2. The molecule has 0 saturated carbocycles. The number of anilines is 1. The normalized spacial score (nSPS) is 11.2. The number of hydrogen-bond acceptors (Lipinski definition) is 4. The highest BCUT2D eigenvalue weighted by atomic mass is 32.1. The molecule has 2 aromatic rings. The van der Waals surface area contributed by atoms with Crippen molar-refractivity contribution in [3.63, 3.8) is 0 Å². The van der Waals surface area contributed by atoms with Crippen LogP contribution in [0.15, 0.2) is 29.6 Å². The fourth-order valence-corrected chi connectivity index (χ4v) is 3.23. The van der Waals surface area contributed by atoms with Crippen molar-refractivity contribution < 1.29 is 0 Å². The van der Waals surface area contributed by atoms with Gasteiger partial charge in [-0.3, -0.25) is 0 Å². The van der Waals surface area contributed by atoms with Gasteiger partial charge in [0.25, 0.3) is 0 Å². The fourth-order valence-electron chi connectivity index (χ4n) is 2.43. The first kappa shape index (κ1) is 16.0. The van der Waals surface area contributed by atoms with Gasteiger partial charge in [-0.15, -0.1) is 11.3 Å². The van der Waals surface area contributed by atoms with Crippen LogP contribution in [-0.4, -0.2) is 29.5 Å². The number of nitrogens with zero attached hydrogens (tertiary/aromatic N) is 2. The van der Waals surface area contributed by atoms with Gasteiger partial charge in [0.1, 0.15) is 0 Å². The van der Waals surface area contributed by atoms with Gasteiger partial charge in [-0.2, -0.15) is 0 Å². The third-order valence-corrected chi connectivity index (χ3v) is 4.39. The van der Waals surface area contributed by atoms with Gasteiger partial charge in [0.05, 0.1) is 10.7 Å². The Kier molecular flexibility index (Phi) is 6.21. The Labute approximate surface area is 131 Å². The van der Waals surface area contributed by atoms with Crippen LogP contribution in [0.4, 0.5) is 5.69 Å². The topological polar surface area (TPSA) is 42.2 Å². The summed E-state index contributed by atoms with van der Waals surface area (Å²) in [4.78, 5) is 7.29. The number of rotatable bonds is 8. The first-order valence-electron chi connectivity index (χ1n) is 7.75. The third kappa shape index (κ3) is 4.83. The minimum absolute atomic E-state index is 0.795. The Morgan fingerprint density at radius 2 is 1.71 bits per heavy atom. The summed E-state index contributed by atoms with van der Waals surface area (Å²) >= 11 is 1.76. The van der Waals surface area contributed by atoms with Crippen LogP contribution in [0.1, 0.15) is 31.7 Å². The highest BCUT2D eigenvalue weighted by molar-refractivity contribution is 7.09. The van der Waals surface area contributed by atoms with E-state index < -0.39 is 0 Å². The zero-order valence-corrected chi connectivity index (χ0v) is 13.8. The van der Waals surface area contributed by atoms with E-state index in [1.165, 1.54) is 30.9 Å². The maximum Gasteiger partial charge on any atom is 0.0945 e. The van der Waals surface area contributed by atoms with Crippen LogP contribution < -0.4 is 5.73 Å². The van der Waals surface area contributed by atoms with E-state index in [1.54, 1.807) is 11.3 Å². The van der Waals surface area contributed by atoms with E-state index in [0.29, 0.717) is 0 Å². The van der Waals surface area contributed by atoms with Crippen molar-refractivity contribution >= 4 is 17.0 Å². The molecular weight excluding hydrogens is 278 g/mol. The van der Waals surface area contributed by atoms with Crippen molar-refractivity contribution in [3.8, 4) is 11.3 Å². The summed E-state index contributed by atoms with van der Waals surface area (Å²) in [5, 5.41) is 3.37. The van der Waals surface area contributed by atoms with Gasteiger partial charge in [0.2, 0.25) is 0 Å². The minimum atomic E-state index is 0.795. The van der Waals surface area contributed by atoms with Crippen molar-refractivity contribution in [1.82, 2.24) is 9.88 Å². The summed E-state index contributed by atoms with van der Waals surface area (Å²) < 4.78 is 0. The summed E-state index contributed by atoms with van der Waals surface area (Å²) in [6.07, 6.45) is 3.47. The Morgan fingerprint density at radius 1 is 1.05 bits per heavy atom. The number of thiazole rings is 1. The average molecular weight is 303 g/mol. The molecule has 4 heteroatoms. The van der Waals surface area contributed by atoms with E-state index in [1.807, 2.05) is 24.3 Å². The van der Waals surface area contributed by atoms with E-state index in [2.05, 4.69) is 24.1 Å². The highest BCUT2D eigenvalue weighted by Gasteiger charge is 2.07. The summed E-state index contributed by atoms with van der Waals surface area (Å²) in [6.45, 7) is 7.96. The predicted octanol–water partition coefficient (Wildman–Crippen LogP) is 4.06. The van der Waals surface area contributed by atoms with Gasteiger partial charge in [0, 0.05) is 29.6 Å². The van der Waals surface area contributed by atoms with Crippen LogP contribution in [0, 0.1) is 0 Å². The van der Waals surface area contributed by atoms with E-state index in [9.17, 15) is 0 Å². The Hall–Kier alpha value is -1.39. The van der Waals surface area contributed by atoms with E-state index in [0.717, 1.165) is 29.9 Å². The van der Waals surface area contributed by atoms with Gasteiger partial charge >= 0.3 is 0 Å². The highest BCUT2D eigenvalue weighted by Crippen LogP contribution is 2.23. The van der Waals surface area contributed by atoms with Crippen LogP contribution in [0.2, 0.25) is 0 Å². The maximum atomic E-state index is 5.72. The number of nitrogen functional groups attached to an aromatic ring is 1. The molecule has 2 rings (SSSR count). The smallest absolute Gasteiger partial charge is 0.0945 e. The predicted molar refractivity (Wildman–Crippen MR) is 92.7 cm³/mol. The lowest BCUT2D eigenvalue weighted by atomic mass is 10.1. The fraction of sp³-hybridized carbons (Fsp3) is 0.471. The van der Waals surface area contributed by atoms with Crippen LogP contribution >= 0.6 is 11.3 Å². The summed E-state index contributed by atoms with van der Waals surface area (Å²) in [5.41, 5.74) is 8.73. The molecule has 0 unspecified atom stereocenters. The van der Waals surface area contributed by atoms with Crippen LogP contribution in [-0.2, 0) is 6.42 Å². The van der Waals surface area contributed by atoms with Gasteiger partial charge < -0.3 is 10.6 Å². The molecule has 1 heterocycles. The lowest BCUT2D eigenvalue weighted by Gasteiger charge is -2.19. The maximum absolute atomic E-state index is 5.72. The molecule has 0 aliphatic rings. The van der Waals surface area contributed by atoms with Gasteiger partial charge in [-0.05, 0) is 38.1 Å². The number of aromatic nitrogens is 1. The molecule has 114 valence electrons. The lowest BCUT2D eigenvalue weighted by Crippen LogP contribution is -2.27. The van der Waals surface area contributed by atoms with Gasteiger partial charge in [-0.1, -0.05) is 26.0 Å². The standard InChI is InChI=1S/C17H25N3S/c1-3-10-20(11-4-2)12-9-17-19-16(13-21-17)14-5-7-15(18)8-6-14/h5-8,13H,3-4,9-12,18H2,1-2H3. The molecule has 21 heavy (non-hydrogen) atoms. The average Bonchev–Trinajstić information content (AvgIpc) is 2.95. The molecule has 1 aromatic heterocycles. The van der Waals surface area contributed by atoms with Crippen molar-refractivity contribution in [2.45, 2.75) is 33.1 Å². The van der Waals surface area contributed by atoms with E-state index >= 15 is 0 Å². The minimum Gasteiger partial charge on any atom is -0.399 e. The number of nitrogens with two attached hydrogens (primary N) is 1. The Bertz CT molecular complexity index is 527. The molecule has 0 aliphatic carbocycles. The lowest BCUT2D eigenvalue weighted by molar-refractivity contribution is 0.278. The molecule has 0 bridgehead atoms. The van der Waals surface area contributed by atoms with Crippen molar-refractivity contribution in [2.75, 3.05) is 25.4 Å². The zero-order valence-electron chi connectivity index (χ0n) is 13.0. The van der Waals surface area contributed by atoms with E-state index in [-0.39, 0.29) is 0 Å². The Balaban J connectivity index is 1.95. The van der Waals surface area contributed by atoms with Crippen LogP contribution in [0.3, 0.4) is 0 Å². The first-order valence-corrected chi connectivity index (χ1v) is 8.63. The molecule has 0 atom stereocenters. The van der Waals surface area contributed by atoms with Crippen LogP contribution in [0.5, 0.6) is 0 Å². The second kappa shape index (κ2) is 8.15. The SMILES string of the molecule is CCCN(CCC)CCc1nc(-c2ccc(N)cc2)cs1. The van der Waals surface area contributed by atoms with Crippen molar-refractivity contribution in [3.05, 3.63) is 34.7 Å². The molecule has 0 radical (unpaired) electrons.